The molecule has 3 aromatic rings. The highest BCUT2D eigenvalue weighted by molar-refractivity contribution is 6.31. The van der Waals surface area contributed by atoms with Crippen molar-refractivity contribution >= 4 is 29.6 Å². The van der Waals surface area contributed by atoms with E-state index in [1.54, 1.807) is 19.1 Å². The summed E-state index contributed by atoms with van der Waals surface area (Å²) in [6.07, 6.45) is -1.67. The van der Waals surface area contributed by atoms with Crippen LogP contribution in [-0.2, 0) is 6.54 Å². The van der Waals surface area contributed by atoms with Crippen LogP contribution in [0, 0.1) is 13.8 Å². The van der Waals surface area contributed by atoms with E-state index >= 15 is 0 Å². The number of benzene rings is 2. The highest BCUT2D eigenvalue weighted by Crippen LogP contribution is 2.28. The molecule has 1 aromatic heterocycles. The Morgan fingerprint density at radius 1 is 1.00 bits per heavy atom. The molecule has 0 unspecified atom stereocenters. The van der Waals surface area contributed by atoms with Gasteiger partial charge in [-0.15, -0.1) is 25.6 Å². The number of ether oxygens (including phenoxy) is 1. The van der Waals surface area contributed by atoms with Crippen LogP contribution in [0.5, 0.6) is 5.75 Å². The third-order valence-electron chi connectivity index (χ3n) is 5.91. The second-order valence-electron chi connectivity index (χ2n) is 8.38. The SMILES string of the molecule is Cc1[nH]c(C)c(-c2ccc(C3=CCN(Cc4ccc(OC(F)(F)F)cc4)CC3)cc2)c(=O)c1Cl.Cl. The number of rotatable bonds is 5. The van der Waals surface area contributed by atoms with E-state index < -0.39 is 6.36 Å². The molecule has 1 N–H and O–H groups in total. The maximum atomic E-state index is 12.6. The average Bonchev–Trinajstić information content (AvgIpc) is 2.79. The first-order chi connectivity index (χ1) is 16.1. The molecule has 186 valence electrons. The van der Waals surface area contributed by atoms with E-state index in [-0.39, 0.29) is 28.6 Å². The van der Waals surface area contributed by atoms with E-state index in [9.17, 15) is 18.0 Å². The first kappa shape index (κ1) is 26.9. The zero-order chi connectivity index (χ0) is 24.5. The fraction of sp³-hybridized carbons (Fsp3) is 0.269. The van der Waals surface area contributed by atoms with Crippen molar-refractivity contribution in [3.8, 4) is 16.9 Å². The molecule has 0 radical (unpaired) electrons. The molecule has 2 heterocycles. The summed E-state index contributed by atoms with van der Waals surface area (Å²) in [4.78, 5) is 18.0. The van der Waals surface area contributed by atoms with Gasteiger partial charge in [-0.05, 0) is 54.7 Å². The molecule has 1 aliphatic heterocycles. The molecule has 0 spiro atoms. The van der Waals surface area contributed by atoms with Crippen LogP contribution >= 0.6 is 24.0 Å². The average molecular weight is 525 g/mol. The number of halogens is 5. The van der Waals surface area contributed by atoms with Crippen molar-refractivity contribution < 1.29 is 17.9 Å². The fourth-order valence-electron chi connectivity index (χ4n) is 4.22. The van der Waals surface area contributed by atoms with Crippen molar-refractivity contribution in [3.05, 3.63) is 92.4 Å². The largest absolute Gasteiger partial charge is 0.573 e. The molecule has 0 bridgehead atoms. The van der Waals surface area contributed by atoms with Crippen LogP contribution in [0.4, 0.5) is 13.2 Å². The van der Waals surface area contributed by atoms with Crippen molar-refractivity contribution in [2.75, 3.05) is 13.1 Å². The predicted octanol–water partition coefficient (Wildman–Crippen LogP) is 6.92. The number of alkyl halides is 3. The minimum Gasteiger partial charge on any atom is -0.406 e. The van der Waals surface area contributed by atoms with Crippen LogP contribution in [0.3, 0.4) is 0 Å². The van der Waals surface area contributed by atoms with Crippen molar-refractivity contribution in [1.29, 1.82) is 0 Å². The van der Waals surface area contributed by atoms with Gasteiger partial charge in [0.15, 0.2) is 0 Å². The first-order valence-electron chi connectivity index (χ1n) is 10.9. The Labute approximate surface area is 212 Å². The topological polar surface area (TPSA) is 45.3 Å². The van der Waals surface area contributed by atoms with Crippen molar-refractivity contribution in [2.24, 2.45) is 0 Å². The summed E-state index contributed by atoms with van der Waals surface area (Å²) >= 11 is 6.15. The number of hydrogen-bond donors (Lipinski definition) is 1. The fourth-order valence-corrected chi connectivity index (χ4v) is 4.36. The molecule has 0 amide bonds. The second-order valence-corrected chi connectivity index (χ2v) is 8.75. The van der Waals surface area contributed by atoms with Crippen LogP contribution in [0.25, 0.3) is 16.7 Å². The van der Waals surface area contributed by atoms with Crippen molar-refractivity contribution in [2.45, 2.75) is 33.2 Å². The van der Waals surface area contributed by atoms with Gasteiger partial charge >= 0.3 is 6.36 Å². The van der Waals surface area contributed by atoms with Gasteiger partial charge in [0.05, 0.1) is 0 Å². The van der Waals surface area contributed by atoms with Gasteiger partial charge in [-0.2, -0.15) is 0 Å². The number of nitrogens with zero attached hydrogens (tertiary/aromatic N) is 1. The molecule has 0 saturated carbocycles. The van der Waals surface area contributed by atoms with Gasteiger partial charge in [0.25, 0.3) is 0 Å². The van der Waals surface area contributed by atoms with Gasteiger partial charge in [0.2, 0.25) is 5.43 Å². The molecular formula is C26H25Cl2F3N2O2. The van der Waals surface area contributed by atoms with Crippen molar-refractivity contribution in [3.63, 3.8) is 0 Å². The van der Waals surface area contributed by atoms with E-state index in [1.807, 2.05) is 31.2 Å². The number of aromatic amines is 1. The second kappa shape index (κ2) is 10.9. The Morgan fingerprint density at radius 3 is 2.20 bits per heavy atom. The maximum absolute atomic E-state index is 12.6. The van der Waals surface area contributed by atoms with Crippen LogP contribution < -0.4 is 10.2 Å². The third kappa shape index (κ3) is 6.48. The Bertz CT molecular complexity index is 1270. The monoisotopic (exact) mass is 524 g/mol. The molecule has 1 aliphatic rings. The van der Waals surface area contributed by atoms with E-state index in [0.29, 0.717) is 17.8 Å². The van der Waals surface area contributed by atoms with Gasteiger partial charge in [-0.1, -0.05) is 54.1 Å². The summed E-state index contributed by atoms with van der Waals surface area (Å²) < 4.78 is 40.8. The molecule has 0 atom stereocenters. The summed E-state index contributed by atoms with van der Waals surface area (Å²) in [5, 5.41) is 0.210. The maximum Gasteiger partial charge on any atom is 0.573 e. The van der Waals surface area contributed by atoms with E-state index in [2.05, 4.69) is 20.7 Å². The summed E-state index contributed by atoms with van der Waals surface area (Å²) in [5.41, 5.74) is 5.92. The summed E-state index contributed by atoms with van der Waals surface area (Å²) in [5.74, 6) is -0.217. The van der Waals surface area contributed by atoms with E-state index in [4.69, 9.17) is 11.6 Å². The number of aromatic nitrogens is 1. The van der Waals surface area contributed by atoms with Crippen LogP contribution in [0.15, 0.2) is 59.4 Å². The highest BCUT2D eigenvalue weighted by Gasteiger charge is 2.31. The van der Waals surface area contributed by atoms with Crippen molar-refractivity contribution in [1.82, 2.24) is 9.88 Å². The van der Waals surface area contributed by atoms with Crippen LogP contribution in [0.1, 0.15) is 28.9 Å². The molecular weight excluding hydrogens is 500 g/mol. The standard InChI is InChI=1S/C26H24ClF3N2O2.ClH/c1-16-23(25(33)24(27)17(2)31-16)21-7-5-19(6-8-21)20-11-13-32(14-12-20)15-18-3-9-22(10-4-18)34-26(28,29)30;/h3-11H,12-15H2,1-2H3,(H,31,33);1H. The molecule has 9 heteroatoms. The van der Waals surface area contributed by atoms with Gasteiger partial charge in [0.1, 0.15) is 10.8 Å². The Hall–Kier alpha value is -2.74. The number of pyridine rings is 1. The van der Waals surface area contributed by atoms with E-state index in [1.165, 1.54) is 17.7 Å². The Kier molecular flexibility index (Phi) is 8.36. The smallest absolute Gasteiger partial charge is 0.406 e. The first-order valence-corrected chi connectivity index (χ1v) is 11.2. The molecule has 0 fully saturated rings. The highest BCUT2D eigenvalue weighted by atomic mass is 35.5. The number of hydrogen-bond acceptors (Lipinski definition) is 3. The molecule has 4 rings (SSSR count). The summed E-state index contributed by atoms with van der Waals surface area (Å²) in [6.45, 7) is 5.86. The van der Waals surface area contributed by atoms with E-state index in [0.717, 1.165) is 41.9 Å². The van der Waals surface area contributed by atoms with Gasteiger partial charge < -0.3 is 9.72 Å². The van der Waals surface area contributed by atoms with Crippen LogP contribution in [0.2, 0.25) is 5.02 Å². The predicted molar refractivity (Wildman–Crippen MR) is 135 cm³/mol. The zero-order valence-corrected chi connectivity index (χ0v) is 20.8. The molecule has 4 nitrogen and oxygen atoms in total. The summed E-state index contributed by atoms with van der Waals surface area (Å²) in [7, 11) is 0. The summed E-state index contributed by atoms with van der Waals surface area (Å²) in [6, 6.07) is 13.9. The molecule has 2 aromatic carbocycles. The minimum atomic E-state index is -4.69. The Morgan fingerprint density at radius 2 is 1.63 bits per heavy atom. The molecule has 35 heavy (non-hydrogen) atoms. The Balaban J connectivity index is 0.00000342. The lowest BCUT2D eigenvalue weighted by Gasteiger charge is -2.26. The molecule has 0 aliphatic carbocycles. The van der Waals surface area contributed by atoms with Gasteiger partial charge in [0, 0.05) is 36.6 Å². The van der Waals surface area contributed by atoms with Gasteiger partial charge in [-0.3, -0.25) is 9.69 Å². The normalized spacial score (nSPS) is 14.3. The number of H-pyrrole nitrogens is 1. The quantitative estimate of drug-likeness (QED) is 0.393. The minimum absolute atomic E-state index is 0. The lowest BCUT2D eigenvalue weighted by Crippen LogP contribution is -2.28. The molecule has 0 saturated heterocycles. The lowest BCUT2D eigenvalue weighted by molar-refractivity contribution is -0.274. The lowest BCUT2D eigenvalue weighted by atomic mass is 9.96. The zero-order valence-electron chi connectivity index (χ0n) is 19.2. The third-order valence-corrected chi connectivity index (χ3v) is 6.36. The number of nitrogens with one attached hydrogen (secondary N) is 1. The van der Waals surface area contributed by atoms with Crippen LogP contribution in [-0.4, -0.2) is 29.3 Å². The number of aryl methyl sites for hydroxylation is 2. The van der Waals surface area contributed by atoms with Gasteiger partial charge in [-0.25, -0.2) is 0 Å².